The number of benzene rings is 1. The predicted molar refractivity (Wildman–Crippen MR) is 77.3 cm³/mol. The molecule has 100 valence electrons. The zero-order chi connectivity index (χ0) is 14.3. The maximum Gasteiger partial charge on any atom is 0.356 e. The highest BCUT2D eigenvalue weighted by Gasteiger charge is 2.18. The Bertz CT molecular complexity index is 807. The summed E-state index contributed by atoms with van der Waals surface area (Å²) >= 11 is 5.88. The molecule has 0 amide bonds. The number of halogens is 1. The Balaban J connectivity index is 2.34. The number of fused-ring (bicyclic) bond motifs is 1. The fourth-order valence-corrected chi connectivity index (χ4v) is 2.38. The monoisotopic (exact) mass is 286 g/mol. The van der Waals surface area contributed by atoms with Crippen molar-refractivity contribution in [1.82, 2.24) is 9.38 Å². The van der Waals surface area contributed by atoms with E-state index in [4.69, 9.17) is 11.6 Å². The van der Waals surface area contributed by atoms with Crippen molar-refractivity contribution < 1.29 is 9.90 Å². The Hall–Kier alpha value is -2.33. The van der Waals surface area contributed by atoms with Crippen molar-refractivity contribution in [3.63, 3.8) is 0 Å². The Labute approximate surface area is 120 Å². The summed E-state index contributed by atoms with van der Waals surface area (Å²) in [5, 5.41) is 9.94. The summed E-state index contributed by atoms with van der Waals surface area (Å²) in [5.41, 5.74) is 2.37. The number of hydrogen-bond donors (Lipinski definition) is 1. The van der Waals surface area contributed by atoms with Gasteiger partial charge in [-0.3, -0.25) is 4.40 Å². The average molecular weight is 287 g/mol. The van der Waals surface area contributed by atoms with E-state index in [0.717, 1.165) is 11.1 Å². The third-order valence-corrected chi connectivity index (χ3v) is 3.42. The second kappa shape index (κ2) is 4.65. The largest absolute Gasteiger partial charge is 0.476 e. The van der Waals surface area contributed by atoms with Gasteiger partial charge in [-0.05, 0) is 42.8 Å². The van der Waals surface area contributed by atoms with Crippen molar-refractivity contribution in [3.8, 4) is 11.4 Å². The van der Waals surface area contributed by atoms with Crippen molar-refractivity contribution >= 4 is 23.1 Å². The lowest BCUT2D eigenvalue weighted by Gasteiger charge is -2.03. The molecule has 0 radical (unpaired) electrons. The van der Waals surface area contributed by atoms with E-state index in [2.05, 4.69) is 4.98 Å². The maximum atomic E-state index is 11.4. The van der Waals surface area contributed by atoms with Gasteiger partial charge in [0.15, 0.2) is 5.69 Å². The van der Waals surface area contributed by atoms with Gasteiger partial charge in [-0.25, -0.2) is 9.78 Å². The highest BCUT2D eigenvalue weighted by Crippen LogP contribution is 2.26. The summed E-state index contributed by atoms with van der Waals surface area (Å²) in [4.78, 5) is 15.6. The standard InChI is InChI=1S/C15H11ClN2O2/c1-9-3-2-8-18-13(9)12(15(19)20)17-14(18)10-4-6-11(16)7-5-10/h2-8H,1H3,(H,19,20). The first-order chi connectivity index (χ1) is 9.58. The number of carboxylic acids is 1. The average Bonchev–Trinajstić information content (AvgIpc) is 2.81. The molecule has 2 aromatic heterocycles. The van der Waals surface area contributed by atoms with Crippen LogP contribution in [0.5, 0.6) is 0 Å². The van der Waals surface area contributed by atoms with E-state index < -0.39 is 5.97 Å². The van der Waals surface area contributed by atoms with Gasteiger partial charge in [0.2, 0.25) is 0 Å². The smallest absolute Gasteiger partial charge is 0.356 e. The minimum atomic E-state index is -1.03. The second-order valence-electron chi connectivity index (χ2n) is 4.51. The lowest BCUT2D eigenvalue weighted by molar-refractivity contribution is 0.0693. The van der Waals surface area contributed by atoms with E-state index >= 15 is 0 Å². The lowest BCUT2D eigenvalue weighted by atomic mass is 10.2. The molecule has 0 saturated heterocycles. The number of rotatable bonds is 2. The summed E-state index contributed by atoms with van der Waals surface area (Å²) in [7, 11) is 0. The molecule has 2 heterocycles. The molecular weight excluding hydrogens is 276 g/mol. The first-order valence-electron chi connectivity index (χ1n) is 6.05. The van der Waals surface area contributed by atoms with Crippen LogP contribution in [0, 0.1) is 6.92 Å². The minimum absolute atomic E-state index is 0.0630. The highest BCUT2D eigenvalue weighted by atomic mass is 35.5. The van der Waals surface area contributed by atoms with Crippen molar-refractivity contribution in [2.24, 2.45) is 0 Å². The van der Waals surface area contributed by atoms with Crippen molar-refractivity contribution in [1.29, 1.82) is 0 Å². The van der Waals surface area contributed by atoms with Crippen LogP contribution in [0.3, 0.4) is 0 Å². The molecule has 4 nitrogen and oxygen atoms in total. The SMILES string of the molecule is Cc1cccn2c(-c3ccc(Cl)cc3)nc(C(=O)O)c12. The van der Waals surface area contributed by atoms with Crippen molar-refractivity contribution in [2.75, 3.05) is 0 Å². The van der Waals surface area contributed by atoms with E-state index in [1.165, 1.54) is 0 Å². The molecule has 0 bridgehead atoms. The molecule has 3 aromatic rings. The molecule has 0 spiro atoms. The van der Waals surface area contributed by atoms with Crippen LogP contribution in [0.2, 0.25) is 5.02 Å². The van der Waals surface area contributed by atoms with Crippen LogP contribution in [-0.4, -0.2) is 20.5 Å². The zero-order valence-corrected chi connectivity index (χ0v) is 11.4. The number of carboxylic acid groups (broad SMARTS) is 1. The highest BCUT2D eigenvalue weighted by molar-refractivity contribution is 6.30. The van der Waals surface area contributed by atoms with Crippen LogP contribution in [0.25, 0.3) is 16.9 Å². The fraction of sp³-hybridized carbons (Fsp3) is 0.0667. The summed E-state index contributed by atoms with van der Waals surface area (Å²) in [6.07, 6.45) is 1.81. The number of nitrogens with zero attached hydrogens (tertiary/aromatic N) is 2. The van der Waals surface area contributed by atoms with Gasteiger partial charge in [0.25, 0.3) is 0 Å². The van der Waals surface area contributed by atoms with Gasteiger partial charge in [0.1, 0.15) is 5.82 Å². The van der Waals surface area contributed by atoms with Gasteiger partial charge in [-0.1, -0.05) is 17.7 Å². The fourth-order valence-electron chi connectivity index (χ4n) is 2.26. The number of aryl methyl sites for hydroxylation is 1. The minimum Gasteiger partial charge on any atom is -0.476 e. The number of hydrogen-bond acceptors (Lipinski definition) is 2. The van der Waals surface area contributed by atoms with E-state index in [1.807, 2.05) is 37.4 Å². The molecule has 0 fully saturated rings. The summed E-state index contributed by atoms with van der Waals surface area (Å²) in [6.45, 7) is 1.87. The van der Waals surface area contributed by atoms with Gasteiger partial charge >= 0.3 is 5.97 Å². The Morgan fingerprint density at radius 1 is 1.25 bits per heavy atom. The third kappa shape index (κ3) is 1.94. The summed E-state index contributed by atoms with van der Waals surface area (Å²) in [6, 6.07) is 10.9. The van der Waals surface area contributed by atoms with E-state index in [-0.39, 0.29) is 5.69 Å². The van der Waals surface area contributed by atoms with Crippen LogP contribution in [0.1, 0.15) is 16.1 Å². The summed E-state index contributed by atoms with van der Waals surface area (Å²) < 4.78 is 1.79. The number of aromatic nitrogens is 2. The van der Waals surface area contributed by atoms with Gasteiger partial charge in [0.05, 0.1) is 5.52 Å². The lowest BCUT2D eigenvalue weighted by Crippen LogP contribution is -1.98. The molecule has 5 heteroatoms. The topological polar surface area (TPSA) is 54.6 Å². The molecule has 0 atom stereocenters. The molecule has 20 heavy (non-hydrogen) atoms. The quantitative estimate of drug-likeness (QED) is 0.782. The molecule has 0 aliphatic rings. The van der Waals surface area contributed by atoms with E-state index in [9.17, 15) is 9.90 Å². The second-order valence-corrected chi connectivity index (χ2v) is 4.94. The first kappa shape index (κ1) is 12.7. The molecule has 0 aliphatic carbocycles. The van der Waals surface area contributed by atoms with Crippen LogP contribution >= 0.6 is 11.6 Å². The molecular formula is C15H11ClN2O2. The molecule has 0 aliphatic heterocycles. The van der Waals surface area contributed by atoms with Crippen LogP contribution in [0.15, 0.2) is 42.6 Å². The third-order valence-electron chi connectivity index (χ3n) is 3.17. The van der Waals surface area contributed by atoms with Crippen molar-refractivity contribution in [3.05, 3.63) is 58.9 Å². The molecule has 1 N–H and O–H groups in total. The maximum absolute atomic E-state index is 11.4. The van der Waals surface area contributed by atoms with Crippen LogP contribution in [0.4, 0.5) is 0 Å². The van der Waals surface area contributed by atoms with Gasteiger partial charge in [-0.2, -0.15) is 0 Å². The van der Waals surface area contributed by atoms with Crippen molar-refractivity contribution in [2.45, 2.75) is 6.92 Å². The van der Waals surface area contributed by atoms with Crippen LogP contribution in [-0.2, 0) is 0 Å². The Morgan fingerprint density at radius 2 is 1.95 bits per heavy atom. The molecule has 1 aromatic carbocycles. The molecule has 3 rings (SSSR count). The zero-order valence-electron chi connectivity index (χ0n) is 10.7. The Kier molecular flexibility index (Phi) is 2.95. The number of carbonyl (C=O) groups is 1. The van der Waals surface area contributed by atoms with E-state index in [0.29, 0.717) is 16.4 Å². The van der Waals surface area contributed by atoms with Gasteiger partial charge in [0, 0.05) is 16.8 Å². The van der Waals surface area contributed by atoms with Gasteiger partial charge in [-0.15, -0.1) is 0 Å². The first-order valence-corrected chi connectivity index (χ1v) is 6.42. The summed E-state index contributed by atoms with van der Waals surface area (Å²) in [5.74, 6) is -0.435. The predicted octanol–water partition coefficient (Wildman–Crippen LogP) is 3.66. The molecule has 0 unspecified atom stereocenters. The number of pyridine rings is 1. The Morgan fingerprint density at radius 3 is 2.60 bits per heavy atom. The van der Waals surface area contributed by atoms with Gasteiger partial charge < -0.3 is 5.11 Å². The number of imidazole rings is 1. The molecule has 0 saturated carbocycles. The van der Waals surface area contributed by atoms with Crippen LogP contribution < -0.4 is 0 Å². The normalized spacial score (nSPS) is 10.9. The van der Waals surface area contributed by atoms with E-state index in [1.54, 1.807) is 16.5 Å². The number of aromatic carboxylic acids is 1.